The lowest BCUT2D eigenvalue weighted by atomic mass is 9.96. The molecule has 7 nitrogen and oxygen atoms in total. The fourth-order valence-corrected chi connectivity index (χ4v) is 5.43. The van der Waals surface area contributed by atoms with Gasteiger partial charge in [-0.2, -0.15) is 4.31 Å². The maximum atomic E-state index is 13.2. The van der Waals surface area contributed by atoms with Crippen LogP contribution in [0.25, 0.3) is 0 Å². The lowest BCUT2D eigenvalue weighted by Gasteiger charge is -2.27. The van der Waals surface area contributed by atoms with Crippen LogP contribution in [0.4, 0.5) is 0 Å². The second-order valence-corrected chi connectivity index (χ2v) is 10.3. The van der Waals surface area contributed by atoms with Crippen molar-refractivity contribution in [1.29, 1.82) is 0 Å². The number of nitrogens with zero attached hydrogens (tertiary/aromatic N) is 1. The summed E-state index contributed by atoms with van der Waals surface area (Å²) in [4.78, 5) is 13.3. The van der Waals surface area contributed by atoms with Crippen LogP contribution in [-0.2, 0) is 14.8 Å². The van der Waals surface area contributed by atoms with Gasteiger partial charge in [0.15, 0.2) is 0 Å². The van der Waals surface area contributed by atoms with Crippen LogP contribution in [0.15, 0.2) is 47.4 Å². The highest BCUT2D eigenvalue weighted by atomic mass is 32.2. The number of rotatable bonds is 8. The van der Waals surface area contributed by atoms with Crippen molar-refractivity contribution >= 4 is 15.9 Å². The normalized spacial score (nSPS) is 16.0. The quantitative estimate of drug-likeness (QED) is 0.651. The van der Waals surface area contributed by atoms with E-state index in [1.807, 2.05) is 24.3 Å². The van der Waals surface area contributed by atoms with Gasteiger partial charge >= 0.3 is 0 Å². The van der Waals surface area contributed by atoms with Gasteiger partial charge in [0.2, 0.25) is 10.0 Å². The largest absolute Gasteiger partial charge is 0.497 e. The third kappa shape index (κ3) is 5.68. The van der Waals surface area contributed by atoms with E-state index >= 15 is 0 Å². The Kier molecular flexibility index (Phi) is 7.92. The van der Waals surface area contributed by atoms with Crippen molar-refractivity contribution in [2.24, 2.45) is 5.92 Å². The monoisotopic (exact) mass is 460 g/mol. The van der Waals surface area contributed by atoms with Crippen LogP contribution in [0.3, 0.4) is 0 Å². The van der Waals surface area contributed by atoms with Gasteiger partial charge in [-0.3, -0.25) is 4.79 Å². The van der Waals surface area contributed by atoms with Crippen LogP contribution in [0.2, 0.25) is 0 Å². The van der Waals surface area contributed by atoms with Crippen LogP contribution >= 0.6 is 0 Å². The number of ether oxygens (including phenoxy) is 2. The molecule has 1 aliphatic heterocycles. The summed E-state index contributed by atoms with van der Waals surface area (Å²) in [7, 11) is -2.08. The molecular weight excluding hydrogens is 428 g/mol. The molecule has 0 aliphatic carbocycles. The van der Waals surface area contributed by atoms with E-state index in [4.69, 9.17) is 9.47 Å². The number of benzene rings is 2. The molecule has 8 heteroatoms. The molecular formula is C24H32N2O5S. The summed E-state index contributed by atoms with van der Waals surface area (Å²) < 4.78 is 38.2. The molecule has 2 aromatic rings. The molecule has 2 aromatic carbocycles. The van der Waals surface area contributed by atoms with Crippen molar-refractivity contribution in [2.45, 2.75) is 38.1 Å². The lowest BCUT2D eigenvalue weighted by molar-refractivity contribution is 0.0730. The van der Waals surface area contributed by atoms with E-state index in [1.54, 1.807) is 26.2 Å². The van der Waals surface area contributed by atoms with Crippen LogP contribution < -0.4 is 10.1 Å². The minimum atomic E-state index is -3.70. The summed E-state index contributed by atoms with van der Waals surface area (Å²) in [5.74, 6) is 0.808. The van der Waals surface area contributed by atoms with Gasteiger partial charge in [-0.1, -0.05) is 32.0 Å². The highest BCUT2D eigenvalue weighted by Crippen LogP contribution is 2.26. The average Bonchev–Trinajstić information content (AvgIpc) is 2.79. The average molecular weight is 461 g/mol. The van der Waals surface area contributed by atoms with E-state index in [1.165, 1.54) is 10.4 Å². The second kappa shape index (κ2) is 10.5. The first-order valence-corrected chi connectivity index (χ1v) is 12.3. The number of nitrogens with one attached hydrogen (secondary N) is 1. The highest BCUT2D eigenvalue weighted by Gasteiger charge is 2.29. The van der Waals surface area contributed by atoms with Gasteiger partial charge in [-0.05, 0) is 54.7 Å². The molecule has 1 aliphatic rings. The summed E-state index contributed by atoms with van der Waals surface area (Å²) in [6, 6.07) is 12.3. The zero-order valence-corrected chi connectivity index (χ0v) is 19.9. The van der Waals surface area contributed by atoms with Gasteiger partial charge in [-0.15, -0.1) is 0 Å². The number of carbonyl (C=O) groups excluding carboxylic acids is 1. The van der Waals surface area contributed by atoms with Crippen molar-refractivity contribution in [1.82, 2.24) is 9.62 Å². The van der Waals surface area contributed by atoms with E-state index < -0.39 is 10.0 Å². The summed E-state index contributed by atoms with van der Waals surface area (Å²) >= 11 is 0. The third-order valence-electron chi connectivity index (χ3n) is 5.57. The highest BCUT2D eigenvalue weighted by molar-refractivity contribution is 7.89. The number of carbonyl (C=O) groups is 1. The minimum absolute atomic E-state index is 0.164. The Morgan fingerprint density at radius 3 is 2.38 bits per heavy atom. The molecule has 1 N–H and O–H groups in total. The fourth-order valence-electron chi connectivity index (χ4n) is 3.77. The maximum Gasteiger partial charge on any atom is 0.251 e. The summed E-state index contributed by atoms with van der Waals surface area (Å²) in [5, 5.41) is 3.09. The van der Waals surface area contributed by atoms with Crippen molar-refractivity contribution < 1.29 is 22.7 Å². The van der Waals surface area contributed by atoms with E-state index in [-0.39, 0.29) is 16.8 Å². The summed E-state index contributed by atoms with van der Waals surface area (Å²) in [5.41, 5.74) is 1.91. The Balaban J connectivity index is 1.86. The Labute approximate surface area is 190 Å². The number of hydrogen-bond acceptors (Lipinski definition) is 5. The first-order chi connectivity index (χ1) is 15.2. The first kappa shape index (κ1) is 24.2. The number of amides is 1. The molecule has 3 rings (SSSR count). The van der Waals surface area contributed by atoms with Crippen LogP contribution in [0.5, 0.6) is 5.75 Å². The van der Waals surface area contributed by atoms with E-state index in [0.717, 1.165) is 17.7 Å². The van der Waals surface area contributed by atoms with Crippen molar-refractivity contribution in [3.63, 3.8) is 0 Å². The van der Waals surface area contributed by atoms with Crippen molar-refractivity contribution in [2.75, 3.05) is 33.4 Å². The van der Waals surface area contributed by atoms with Crippen LogP contribution in [0, 0.1) is 12.8 Å². The maximum absolute atomic E-state index is 13.2. The van der Waals surface area contributed by atoms with E-state index in [9.17, 15) is 13.2 Å². The first-order valence-electron chi connectivity index (χ1n) is 10.9. The SMILES string of the molecule is COc1ccc([C@@H](CC(C)C)NC(=O)c2ccc(C)c(S(=O)(=O)N3CCOCC3)c2)cc1. The number of aryl methyl sites for hydroxylation is 1. The zero-order valence-electron chi connectivity index (χ0n) is 19.1. The molecule has 1 heterocycles. The molecule has 32 heavy (non-hydrogen) atoms. The molecule has 1 amide bonds. The Morgan fingerprint density at radius 1 is 1.12 bits per heavy atom. The summed E-state index contributed by atoms with van der Waals surface area (Å²) in [6.45, 7) is 7.31. The Morgan fingerprint density at radius 2 is 1.78 bits per heavy atom. The van der Waals surface area contributed by atoms with Crippen molar-refractivity contribution in [3.05, 3.63) is 59.2 Å². The topological polar surface area (TPSA) is 84.9 Å². The lowest BCUT2D eigenvalue weighted by Crippen LogP contribution is -2.41. The molecule has 174 valence electrons. The standard InChI is InChI=1S/C24H32N2O5S/c1-17(2)15-22(19-7-9-21(30-4)10-8-19)25-24(27)20-6-5-18(3)23(16-20)32(28,29)26-11-13-31-14-12-26/h5-10,16-17,22H,11-15H2,1-4H3,(H,25,27)/t22-/m1/s1. The smallest absolute Gasteiger partial charge is 0.251 e. The Hall–Kier alpha value is -2.42. The molecule has 0 radical (unpaired) electrons. The number of sulfonamides is 1. The van der Waals surface area contributed by atoms with Gasteiger partial charge in [0.1, 0.15) is 5.75 Å². The number of hydrogen-bond donors (Lipinski definition) is 1. The molecule has 1 fully saturated rings. The fraction of sp³-hybridized carbons (Fsp3) is 0.458. The Bertz CT molecular complexity index is 1030. The van der Waals surface area contributed by atoms with Gasteiger partial charge in [0.25, 0.3) is 5.91 Å². The zero-order chi connectivity index (χ0) is 23.3. The second-order valence-electron chi connectivity index (χ2n) is 8.43. The van der Waals surface area contributed by atoms with Crippen molar-refractivity contribution in [3.8, 4) is 5.75 Å². The molecule has 0 aromatic heterocycles. The van der Waals surface area contributed by atoms with Gasteiger partial charge in [-0.25, -0.2) is 8.42 Å². The van der Waals surface area contributed by atoms with Gasteiger partial charge in [0, 0.05) is 18.7 Å². The van der Waals surface area contributed by atoms with Crippen LogP contribution in [-0.4, -0.2) is 52.0 Å². The molecule has 0 saturated carbocycles. The van der Waals surface area contributed by atoms with Gasteiger partial charge in [0.05, 0.1) is 31.3 Å². The third-order valence-corrected chi connectivity index (χ3v) is 7.61. The predicted molar refractivity (Wildman–Crippen MR) is 123 cm³/mol. The molecule has 1 saturated heterocycles. The summed E-state index contributed by atoms with van der Waals surface area (Å²) in [6.07, 6.45) is 0.753. The van der Waals surface area contributed by atoms with Gasteiger partial charge < -0.3 is 14.8 Å². The molecule has 0 bridgehead atoms. The van der Waals surface area contributed by atoms with E-state index in [2.05, 4.69) is 19.2 Å². The predicted octanol–water partition coefficient (Wildman–Crippen LogP) is 3.54. The van der Waals surface area contributed by atoms with Crippen LogP contribution in [0.1, 0.15) is 47.8 Å². The molecule has 0 unspecified atom stereocenters. The number of methoxy groups -OCH3 is 1. The molecule has 0 spiro atoms. The minimum Gasteiger partial charge on any atom is -0.497 e. The van der Waals surface area contributed by atoms with E-state index in [0.29, 0.717) is 43.3 Å². The number of morpholine rings is 1. The molecule has 1 atom stereocenters.